The molecule has 0 aliphatic heterocycles. The number of pyridine rings is 1. The molecule has 0 aliphatic rings. The maximum Gasteiger partial charge on any atom is 0.422 e. The Morgan fingerprint density at radius 3 is 2.62 bits per heavy atom. The summed E-state index contributed by atoms with van der Waals surface area (Å²) in [5, 5.41) is 0.0221. The molecule has 0 saturated carbocycles. The second-order valence-electron chi connectivity index (χ2n) is 4.98. The standard InChI is InChI=1S/C14H16F3N3O3S/c1-8-4-11(22-3)9(2)10(19-8)6-24(21)13-18-5-12(20-13)23-7-14(15,16)17/h4-5H,6-7H2,1-3H3,(H,18,20). The van der Waals surface area contributed by atoms with Crippen LogP contribution in [0.3, 0.4) is 0 Å². The SMILES string of the molecule is COc1cc(C)nc(C[S+]([O-])c2nc(OCC(F)(F)F)c[nH]2)c1C. The molecule has 1 atom stereocenters. The fourth-order valence-electron chi connectivity index (χ4n) is 1.95. The van der Waals surface area contributed by atoms with Gasteiger partial charge in [0.2, 0.25) is 5.88 Å². The number of halogens is 3. The number of hydrogen-bond donors (Lipinski definition) is 1. The molecule has 0 saturated heterocycles. The van der Waals surface area contributed by atoms with Crippen molar-refractivity contribution in [3.05, 3.63) is 29.2 Å². The summed E-state index contributed by atoms with van der Waals surface area (Å²) in [6, 6.07) is 1.76. The number of aromatic amines is 1. The van der Waals surface area contributed by atoms with Crippen LogP contribution in [0.4, 0.5) is 13.2 Å². The topological polar surface area (TPSA) is 83.1 Å². The molecular formula is C14H16F3N3O3S. The van der Waals surface area contributed by atoms with Crippen molar-refractivity contribution in [1.82, 2.24) is 15.0 Å². The van der Waals surface area contributed by atoms with Crippen LogP contribution in [-0.2, 0) is 16.9 Å². The van der Waals surface area contributed by atoms with E-state index in [2.05, 4.69) is 19.7 Å². The van der Waals surface area contributed by atoms with Crippen LogP contribution in [0, 0.1) is 13.8 Å². The molecule has 2 aromatic heterocycles. The Bertz CT molecular complexity index is 706. The van der Waals surface area contributed by atoms with Gasteiger partial charge < -0.3 is 19.0 Å². The number of methoxy groups -OCH3 is 1. The molecule has 0 amide bonds. The number of nitrogens with zero attached hydrogens (tertiary/aromatic N) is 2. The predicted octanol–water partition coefficient (Wildman–Crippen LogP) is 2.68. The lowest BCUT2D eigenvalue weighted by molar-refractivity contribution is -0.154. The minimum absolute atomic E-state index is 0.0221. The van der Waals surface area contributed by atoms with E-state index in [1.165, 1.54) is 7.11 Å². The van der Waals surface area contributed by atoms with E-state index >= 15 is 0 Å². The average molecular weight is 363 g/mol. The molecule has 0 aliphatic carbocycles. The third-order valence-corrected chi connectivity index (χ3v) is 4.25. The van der Waals surface area contributed by atoms with E-state index < -0.39 is 24.0 Å². The van der Waals surface area contributed by atoms with Gasteiger partial charge in [-0.3, -0.25) is 4.98 Å². The molecule has 1 N–H and O–H groups in total. The number of imidazole rings is 1. The summed E-state index contributed by atoms with van der Waals surface area (Å²) in [4.78, 5) is 10.7. The molecule has 10 heteroatoms. The van der Waals surface area contributed by atoms with Crippen LogP contribution in [0.1, 0.15) is 17.0 Å². The fourth-order valence-corrected chi connectivity index (χ4v) is 3.00. The average Bonchev–Trinajstić information content (AvgIpc) is 2.97. The highest BCUT2D eigenvalue weighted by Gasteiger charge is 2.29. The Kier molecular flexibility index (Phi) is 5.60. The van der Waals surface area contributed by atoms with E-state index in [1.807, 2.05) is 0 Å². The first-order chi connectivity index (χ1) is 11.2. The maximum absolute atomic E-state index is 12.4. The van der Waals surface area contributed by atoms with Gasteiger partial charge in [-0.25, -0.2) is 0 Å². The number of ether oxygens (including phenoxy) is 2. The number of alkyl halides is 3. The van der Waals surface area contributed by atoms with Crippen molar-refractivity contribution >= 4 is 11.2 Å². The van der Waals surface area contributed by atoms with Crippen LogP contribution < -0.4 is 9.47 Å². The predicted molar refractivity (Wildman–Crippen MR) is 80.5 cm³/mol. The molecule has 0 bridgehead atoms. The number of H-pyrrole nitrogens is 1. The number of aryl methyl sites for hydroxylation is 1. The van der Waals surface area contributed by atoms with Gasteiger partial charge in [-0.1, -0.05) is 0 Å². The van der Waals surface area contributed by atoms with Crippen LogP contribution in [0.25, 0.3) is 0 Å². The van der Waals surface area contributed by atoms with Gasteiger partial charge in [0.1, 0.15) is 5.75 Å². The molecule has 1 unspecified atom stereocenters. The fraction of sp³-hybridized carbons (Fsp3) is 0.429. The van der Waals surface area contributed by atoms with Crippen molar-refractivity contribution in [2.75, 3.05) is 13.7 Å². The first-order valence-corrected chi connectivity index (χ1v) is 8.16. The molecule has 0 aromatic carbocycles. The molecule has 2 rings (SSSR count). The first kappa shape index (κ1) is 18.4. The van der Waals surface area contributed by atoms with Crippen molar-refractivity contribution in [1.29, 1.82) is 0 Å². The minimum atomic E-state index is -4.46. The van der Waals surface area contributed by atoms with Gasteiger partial charge in [-0.05, 0) is 13.8 Å². The Morgan fingerprint density at radius 2 is 2.00 bits per heavy atom. The van der Waals surface area contributed by atoms with Gasteiger partial charge in [0.05, 0.1) is 19.0 Å². The molecule has 0 spiro atoms. The summed E-state index contributed by atoms with van der Waals surface area (Å²) >= 11 is -1.61. The largest absolute Gasteiger partial charge is 0.609 e. The lowest BCUT2D eigenvalue weighted by Gasteiger charge is -2.12. The monoisotopic (exact) mass is 363 g/mol. The van der Waals surface area contributed by atoms with Crippen LogP contribution in [0.5, 0.6) is 11.6 Å². The summed E-state index contributed by atoms with van der Waals surface area (Å²) in [5.41, 5.74) is 2.02. The zero-order valence-electron chi connectivity index (χ0n) is 13.2. The van der Waals surface area contributed by atoms with Crippen molar-refractivity contribution < 1.29 is 27.2 Å². The minimum Gasteiger partial charge on any atom is -0.609 e. The highest BCUT2D eigenvalue weighted by Crippen LogP contribution is 2.25. The highest BCUT2D eigenvalue weighted by atomic mass is 32.2. The van der Waals surface area contributed by atoms with E-state index in [4.69, 9.17) is 4.74 Å². The van der Waals surface area contributed by atoms with Crippen LogP contribution in [0.2, 0.25) is 0 Å². The van der Waals surface area contributed by atoms with E-state index in [1.54, 1.807) is 19.9 Å². The summed E-state index contributed by atoms with van der Waals surface area (Å²) in [6.45, 7) is 2.11. The molecule has 132 valence electrons. The van der Waals surface area contributed by atoms with E-state index in [0.717, 1.165) is 11.8 Å². The number of rotatable bonds is 6. The highest BCUT2D eigenvalue weighted by molar-refractivity contribution is 7.90. The van der Waals surface area contributed by atoms with Gasteiger partial charge in [-0.15, -0.1) is 4.98 Å². The second kappa shape index (κ2) is 7.31. The maximum atomic E-state index is 12.4. The van der Waals surface area contributed by atoms with Crippen molar-refractivity contribution in [3.63, 3.8) is 0 Å². The first-order valence-electron chi connectivity index (χ1n) is 6.84. The quantitative estimate of drug-likeness (QED) is 0.798. The smallest absolute Gasteiger partial charge is 0.422 e. The second-order valence-corrected chi connectivity index (χ2v) is 6.34. The third-order valence-electron chi connectivity index (χ3n) is 3.07. The summed E-state index contributed by atoms with van der Waals surface area (Å²) in [6.07, 6.45) is -3.33. The summed E-state index contributed by atoms with van der Waals surface area (Å²) in [5.74, 6) is 0.418. The van der Waals surface area contributed by atoms with Crippen molar-refractivity contribution in [2.45, 2.75) is 30.9 Å². The summed E-state index contributed by atoms with van der Waals surface area (Å²) in [7, 11) is 1.53. The molecule has 24 heavy (non-hydrogen) atoms. The van der Waals surface area contributed by atoms with Crippen LogP contribution in [-0.4, -0.2) is 39.4 Å². The molecular weight excluding hydrogens is 347 g/mol. The lowest BCUT2D eigenvalue weighted by atomic mass is 10.2. The van der Waals surface area contributed by atoms with Gasteiger partial charge in [0.15, 0.2) is 12.4 Å². The molecule has 2 heterocycles. The van der Waals surface area contributed by atoms with Gasteiger partial charge >= 0.3 is 11.3 Å². The molecule has 2 aromatic rings. The van der Waals surface area contributed by atoms with Crippen LogP contribution >= 0.6 is 0 Å². The van der Waals surface area contributed by atoms with Crippen molar-refractivity contribution in [2.24, 2.45) is 0 Å². The Balaban J connectivity index is 2.09. The van der Waals surface area contributed by atoms with Gasteiger partial charge in [0, 0.05) is 28.5 Å². The number of nitrogens with one attached hydrogen (secondary N) is 1. The van der Waals surface area contributed by atoms with E-state index in [0.29, 0.717) is 17.1 Å². The van der Waals surface area contributed by atoms with Crippen molar-refractivity contribution in [3.8, 4) is 11.6 Å². The lowest BCUT2D eigenvalue weighted by Crippen LogP contribution is -2.19. The van der Waals surface area contributed by atoms with Gasteiger partial charge in [-0.2, -0.15) is 13.2 Å². The third kappa shape index (κ3) is 4.78. The van der Waals surface area contributed by atoms with E-state index in [-0.39, 0.29) is 16.8 Å². The number of aromatic nitrogens is 3. The van der Waals surface area contributed by atoms with E-state index in [9.17, 15) is 17.7 Å². The summed E-state index contributed by atoms with van der Waals surface area (Å²) < 4.78 is 58.4. The zero-order chi connectivity index (χ0) is 17.9. The molecule has 0 radical (unpaired) electrons. The molecule has 6 nitrogen and oxygen atoms in total. The Hall–Kier alpha value is -1.94. The Labute approximate surface area is 139 Å². The normalized spacial score (nSPS) is 13.0. The zero-order valence-corrected chi connectivity index (χ0v) is 14.0. The molecule has 0 fully saturated rings. The van der Waals surface area contributed by atoms with Crippen LogP contribution in [0.15, 0.2) is 17.4 Å². The number of hydrogen-bond acceptors (Lipinski definition) is 5. The van der Waals surface area contributed by atoms with Gasteiger partial charge in [0.25, 0.3) is 0 Å². The Morgan fingerprint density at radius 1 is 1.29 bits per heavy atom.